The Morgan fingerprint density at radius 1 is 1.53 bits per heavy atom. The maximum absolute atomic E-state index is 12.0. The van der Waals surface area contributed by atoms with Crippen LogP contribution in [0.5, 0.6) is 0 Å². The number of alkyl halides is 1. The van der Waals surface area contributed by atoms with E-state index in [0.29, 0.717) is 12.8 Å². The molecule has 1 rings (SSSR count). The van der Waals surface area contributed by atoms with Crippen molar-refractivity contribution in [3.05, 3.63) is 17.5 Å². The smallest absolute Gasteiger partial charge is 0.132 e. The van der Waals surface area contributed by atoms with Crippen molar-refractivity contribution in [2.75, 3.05) is 7.11 Å². The van der Waals surface area contributed by atoms with Gasteiger partial charge in [-0.3, -0.25) is 9.00 Å². The Morgan fingerprint density at radius 2 is 2.16 bits per heavy atom. The number of thiophene rings is 1. The number of rotatable bonds is 7. The van der Waals surface area contributed by atoms with Gasteiger partial charge in [0, 0.05) is 20.0 Å². The zero-order chi connectivity index (χ0) is 12.8. The zero-order valence-corrected chi connectivity index (χ0v) is 12.1. The van der Waals surface area contributed by atoms with E-state index < -0.39 is 15.5 Å². The van der Waals surface area contributed by atoms with E-state index in [1.807, 2.05) is 11.4 Å². The Bertz CT molecular complexity index is 379. The van der Waals surface area contributed by atoms with Gasteiger partial charge in [0.15, 0.2) is 0 Å². The molecule has 112 valence electrons. The van der Waals surface area contributed by atoms with Gasteiger partial charge in [-0.25, -0.2) is 0 Å². The summed E-state index contributed by atoms with van der Waals surface area (Å²) in [6.07, 6.45) is 0.447. The Hall–Kier alpha value is -0.230. The Kier molecular flexibility index (Phi) is 11.7. The van der Waals surface area contributed by atoms with E-state index >= 15 is 0 Å². The van der Waals surface area contributed by atoms with Crippen LogP contribution in [0.4, 0.5) is 0 Å². The second-order valence-electron chi connectivity index (χ2n) is 3.64. The minimum atomic E-state index is -1.24. The lowest BCUT2D eigenvalue weighted by Crippen LogP contribution is -2.21. The van der Waals surface area contributed by atoms with Crippen LogP contribution in [0.15, 0.2) is 21.7 Å². The van der Waals surface area contributed by atoms with E-state index in [1.165, 1.54) is 25.4 Å². The van der Waals surface area contributed by atoms with Gasteiger partial charge >= 0.3 is 0 Å². The molecule has 3 unspecified atom stereocenters. The molecule has 0 aliphatic carbocycles. The molecule has 3 nitrogen and oxygen atoms in total. The first-order valence-electron chi connectivity index (χ1n) is 5.15. The fourth-order valence-corrected chi connectivity index (χ4v) is 4.22. The van der Waals surface area contributed by atoms with Crippen LogP contribution >= 0.6 is 22.9 Å². The molecular weight excluding hydrogens is 304 g/mol. The summed E-state index contributed by atoms with van der Waals surface area (Å²) >= 11 is 7.51. The minimum absolute atomic E-state index is 0. The molecule has 6 heteroatoms. The van der Waals surface area contributed by atoms with Gasteiger partial charge in [-0.2, -0.15) is 0 Å². The highest BCUT2D eigenvalue weighted by Gasteiger charge is 2.22. The SMILES string of the molecule is C.C.COC(CC(C)=O)CC(Cl)S(=O)c1cccs1. The van der Waals surface area contributed by atoms with Gasteiger partial charge in [-0.15, -0.1) is 22.9 Å². The van der Waals surface area contributed by atoms with Crippen molar-refractivity contribution in [3.8, 4) is 0 Å². The molecule has 0 saturated heterocycles. The summed E-state index contributed by atoms with van der Waals surface area (Å²) in [7, 11) is 0.292. The highest BCUT2D eigenvalue weighted by atomic mass is 35.5. The monoisotopic (exact) mass is 326 g/mol. The van der Waals surface area contributed by atoms with E-state index in [4.69, 9.17) is 16.3 Å². The second kappa shape index (κ2) is 10.5. The molecular formula is C13H23ClO3S2. The molecule has 0 N–H and O–H groups in total. The molecule has 1 aromatic rings. The fraction of sp³-hybridized carbons (Fsp3) is 0.615. The topological polar surface area (TPSA) is 43.4 Å². The van der Waals surface area contributed by atoms with E-state index in [1.54, 1.807) is 6.07 Å². The average molecular weight is 327 g/mol. The van der Waals surface area contributed by atoms with Crippen LogP contribution in [-0.4, -0.2) is 27.9 Å². The second-order valence-corrected chi connectivity index (χ2v) is 7.23. The number of halogens is 1. The minimum Gasteiger partial charge on any atom is -0.381 e. The van der Waals surface area contributed by atoms with Crippen molar-refractivity contribution < 1.29 is 13.7 Å². The molecule has 0 fully saturated rings. The van der Waals surface area contributed by atoms with Crippen LogP contribution in [0.25, 0.3) is 0 Å². The quantitative estimate of drug-likeness (QED) is 0.709. The van der Waals surface area contributed by atoms with Gasteiger partial charge in [0.2, 0.25) is 0 Å². The van der Waals surface area contributed by atoms with Crippen LogP contribution in [-0.2, 0) is 20.3 Å². The lowest BCUT2D eigenvalue weighted by Gasteiger charge is -2.16. The van der Waals surface area contributed by atoms with Crippen LogP contribution in [0, 0.1) is 0 Å². The number of ketones is 1. The maximum atomic E-state index is 12.0. The third-order valence-corrected chi connectivity index (χ3v) is 5.52. The lowest BCUT2D eigenvalue weighted by atomic mass is 10.1. The summed E-state index contributed by atoms with van der Waals surface area (Å²) < 4.78 is 17.4. The molecule has 0 bridgehead atoms. The van der Waals surface area contributed by atoms with Crippen LogP contribution in [0.2, 0.25) is 0 Å². The van der Waals surface area contributed by atoms with E-state index in [0.717, 1.165) is 4.21 Å². The van der Waals surface area contributed by atoms with Crippen molar-refractivity contribution in [1.82, 2.24) is 0 Å². The molecule has 1 aromatic heterocycles. The van der Waals surface area contributed by atoms with Crippen molar-refractivity contribution >= 4 is 39.5 Å². The number of hydrogen-bond acceptors (Lipinski definition) is 4. The summed E-state index contributed by atoms with van der Waals surface area (Å²) in [6.45, 7) is 1.51. The van der Waals surface area contributed by atoms with Gasteiger partial charge in [0.25, 0.3) is 0 Å². The third-order valence-electron chi connectivity index (χ3n) is 2.22. The molecule has 0 saturated carbocycles. The highest BCUT2D eigenvalue weighted by molar-refractivity contribution is 7.89. The zero-order valence-electron chi connectivity index (χ0n) is 9.72. The van der Waals surface area contributed by atoms with Gasteiger partial charge in [0.05, 0.1) is 21.1 Å². The van der Waals surface area contributed by atoms with Gasteiger partial charge in [-0.05, 0) is 18.4 Å². The molecule has 0 aliphatic heterocycles. The number of methoxy groups -OCH3 is 1. The summed E-state index contributed by atoms with van der Waals surface area (Å²) in [5.74, 6) is 0.0441. The first-order chi connectivity index (χ1) is 8.04. The van der Waals surface area contributed by atoms with Crippen LogP contribution in [0.1, 0.15) is 34.6 Å². The standard InChI is InChI=1S/C11H15ClO3S2.2CH4/c1-8(13)6-9(15-2)7-10(12)17(14)11-4-3-5-16-11;;/h3-5,9-10H,6-7H2,1-2H3;2*1H4. The number of hydrogen-bond donors (Lipinski definition) is 0. The fourth-order valence-electron chi connectivity index (χ4n) is 1.38. The molecule has 0 radical (unpaired) electrons. The Labute approximate surface area is 127 Å². The average Bonchev–Trinajstić information content (AvgIpc) is 2.79. The molecule has 0 spiro atoms. The maximum Gasteiger partial charge on any atom is 0.132 e. The van der Waals surface area contributed by atoms with Crippen LogP contribution < -0.4 is 0 Å². The van der Waals surface area contributed by atoms with E-state index in [2.05, 4.69) is 0 Å². The van der Waals surface area contributed by atoms with Crippen molar-refractivity contribution in [3.63, 3.8) is 0 Å². The van der Waals surface area contributed by atoms with E-state index in [9.17, 15) is 9.00 Å². The molecule has 0 amide bonds. The van der Waals surface area contributed by atoms with Gasteiger partial charge in [0.1, 0.15) is 10.5 Å². The van der Waals surface area contributed by atoms with E-state index in [-0.39, 0.29) is 26.7 Å². The number of carbonyl (C=O) groups is 1. The largest absolute Gasteiger partial charge is 0.381 e. The first kappa shape index (κ1) is 21.1. The molecule has 0 aliphatic rings. The Balaban J connectivity index is 0. The summed E-state index contributed by atoms with van der Waals surface area (Å²) in [5.41, 5.74) is 0. The van der Waals surface area contributed by atoms with Crippen LogP contribution in [0.3, 0.4) is 0 Å². The number of Topliss-reactive ketones (excluding diaryl/α,β-unsaturated/α-hetero) is 1. The molecule has 1 heterocycles. The lowest BCUT2D eigenvalue weighted by molar-refractivity contribution is -0.119. The summed E-state index contributed by atoms with van der Waals surface area (Å²) in [6, 6.07) is 3.63. The van der Waals surface area contributed by atoms with Crippen molar-refractivity contribution in [2.45, 2.75) is 49.6 Å². The highest BCUT2D eigenvalue weighted by Crippen LogP contribution is 2.23. The molecule has 19 heavy (non-hydrogen) atoms. The number of carbonyl (C=O) groups excluding carboxylic acids is 1. The number of ether oxygens (including phenoxy) is 1. The third kappa shape index (κ3) is 7.20. The first-order valence-corrected chi connectivity index (χ1v) is 7.68. The van der Waals surface area contributed by atoms with Gasteiger partial charge in [-0.1, -0.05) is 20.9 Å². The van der Waals surface area contributed by atoms with Gasteiger partial charge < -0.3 is 4.74 Å². The Morgan fingerprint density at radius 3 is 2.58 bits per heavy atom. The molecule has 0 aromatic carbocycles. The normalized spacial score (nSPS) is 14.7. The summed E-state index contributed by atoms with van der Waals surface area (Å²) in [5, 5.41) is 1.86. The molecule has 3 atom stereocenters. The summed E-state index contributed by atoms with van der Waals surface area (Å²) in [4.78, 5) is 11.0. The predicted molar refractivity (Wildman–Crippen MR) is 84.5 cm³/mol. The predicted octanol–water partition coefficient (Wildman–Crippen LogP) is 4.08. The van der Waals surface area contributed by atoms with Crippen molar-refractivity contribution in [1.29, 1.82) is 0 Å². The van der Waals surface area contributed by atoms with Crippen molar-refractivity contribution in [2.24, 2.45) is 0 Å².